The van der Waals surface area contributed by atoms with Crippen molar-refractivity contribution in [3.63, 3.8) is 0 Å². The zero-order chi connectivity index (χ0) is 18.2. The summed E-state index contributed by atoms with van der Waals surface area (Å²) in [6, 6.07) is 7.24. The van der Waals surface area contributed by atoms with Crippen molar-refractivity contribution in [3.8, 4) is 5.75 Å². The van der Waals surface area contributed by atoms with Crippen molar-refractivity contribution in [3.05, 3.63) is 24.3 Å². The number of likely N-dealkylation sites (tertiary alicyclic amines) is 1. The number of hydrogen-bond donors (Lipinski definition) is 2. The Morgan fingerprint density at radius 1 is 1.36 bits per heavy atom. The number of piperidine rings is 1. The fourth-order valence-electron chi connectivity index (χ4n) is 2.86. The van der Waals surface area contributed by atoms with Gasteiger partial charge >= 0.3 is 6.03 Å². The molecule has 3 amide bonds. The number of carbonyl (C=O) groups excluding carboxylic acids is 2. The van der Waals surface area contributed by atoms with E-state index in [1.54, 1.807) is 4.90 Å². The number of carbonyl (C=O) groups is 2. The first-order chi connectivity index (χ1) is 12.0. The number of urea groups is 1. The average Bonchev–Trinajstić information content (AvgIpc) is 2.62. The van der Waals surface area contributed by atoms with Gasteiger partial charge in [0, 0.05) is 31.4 Å². The Labute approximate surface area is 149 Å². The Morgan fingerprint density at radius 3 is 2.88 bits per heavy atom. The molecule has 0 aliphatic carbocycles. The number of amides is 3. The Bertz CT molecular complexity index is 591. The van der Waals surface area contributed by atoms with Crippen LogP contribution >= 0.6 is 0 Å². The van der Waals surface area contributed by atoms with E-state index in [9.17, 15) is 9.59 Å². The number of ether oxygens (including phenoxy) is 1. The summed E-state index contributed by atoms with van der Waals surface area (Å²) in [5.41, 5.74) is 0.700. The molecule has 1 fully saturated rings. The number of nitrogens with one attached hydrogen (secondary N) is 2. The lowest BCUT2D eigenvalue weighted by atomic mass is 9.97. The number of nitrogens with zero attached hydrogens (tertiary/aromatic N) is 1. The van der Waals surface area contributed by atoms with Crippen LogP contribution in [0.5, 0.6) is 5.75 Å². The van der Waals surface area contributed by atoms with Crippen LogP contribution in [0.25, 0.3) is 0 Å². The summed E-state index contributed by atoms with van der Waals surface area (Å²) in [5, 5.41) is 5.75. The van der Waals surface area contributed by atoms with Crippen molar-refractivity contribution in [2.75, 3.05) is 25.0 Å². The molecule has 0 spiro atoms. The van der Waals surface area contributed by atoms with Crippen LogP contribution in [0.3, 0.4) is 0 Å². The fourth-order valence-corrected chi connectivity index (χ4v) is 2.86. The Hall–Kier alpha value is -2.24. The van der Waals surface area contributed by atoms with E-state index in [2.05, 4.69) is 17.6 Å². The maximum absolute atomic E-state index is 12.5. The van der Waals surface area contributed by atoms with Gasteiger partial charge in [-0.25, -0.2) is 4.79 Å². The molecule has 1 aliphatic rings. The summed E-state index contributed by atoms with van der Waals surface area (Å²) in [4.78, 5) is 26.3. The maximum Gasteiger partial charge on any atom is 0.321 e. The minimum Gasteiger partial charge on any atom is -0.491 e. The van der Waals surface area contributed by atoms with E-state index in [1.807, 2.05) is 38.1 Å². The standard InChI is InChI=1S/C19H29N3O3/c1-4-14(3)25-17-10-6-9-16(12-17)21-19(24)22-11-7-8-15(13-22)18(23)20-5-2/h6,9-10,12,14-15H,4-5,7-8,11,13H2,1-3H3,(H,20,23)(H,21,24)/t14-,15+/m0/s1. The lowest BCUT2D eigenvalue weighted by Crippen LogP contribution is -2.46. The predicted molar refractivity (Wildman–Crippen MR) is 98.8 cm³/mol. The van der Waals surface area contributed by atoms with Gasteiger partial charge in [0.2, 0.25) is 5.91 Å². The highest BCUT2D eigenvalue weighted by Crippen LogP contribution is 2.21. The average molecular weight is 347 g/mol. The third-order valence-electron chi connectivity index (χ3n) is 4.43. The maximum atomic E-state index is 12.5. The van der Waals surface area contributed by atoms with Crippen LogP contribution in [-0.4, -0.2) is 42.6 Å². The van der Waals surface area contributed by atoms with E-state index in [4.69, 9.17) is 4.74 Å². The summed E-state index contributed by atoms with van der Waals surface area (Å²) < 4.78 is 5.79. The third-order valence-corrected chi connectivity index (χ3v) is 4.43. The number of rotatable bonds is 6. The summed E-state index contributed by atoms with van der Waals surface area (Å²) in [7, 11) is 0. The molecule has 0 radical (unpaired) electrons. The molecular formula is C19H29N3O3. The zero-order valence-electron chi connectivity index (χ0n) is 15.4. The summed E-state index contributed by atoms with van der Waals surface area (Å²) in [5.74, 6) is 0.648. The highest BCUT2D eigenvalue weighted by molar-refractivity contribution is 5.90. The first-order valence-corrected chi connectivity index (χ1v) is 9.13. The van der Waals surface area contributed by atoms with Gasteiger partial charge in [-0.05, 0) is 45.2 Å². The van der Waals surface area contributed by atoms with Gasteiger partial charge in [-0.3, -0.25) is 4.79 Å². The van der Waals surface area contributed by atoms with Gasteiger partial charge in [-0.15, -0.1) is 0 Å². The van der Waals surface area contributed by atoms with E-state index in [1.165, 1.54) is 0 Å². The normalized spacial score (nSPS) is 18.4. The van der Waals surface area contributed by atoms with Gasteiger partial charge in [0.05, 0.1) is 12.0 Å². The lowest BCUT2D eigenvalue weighted by molar-refractivity contribution is -0.126. The summed E-state index contributed by atoms with van der Waals surface area (Å²) in [6.45, 7) is 7.73. The minimum atomic E-state index is -0.172. The van der Waals surface area contributed by atoms with Gasteiger partial charge in [-0.2, -0.15) is 0 Å². The highest BCUT2D eigenvalue weighted by Gasteiger charge is 2.28. The second kappa shape index (κ2) is 9.30. The van der Waals surface area contributed by atoms with Gasteiger partial charge in [0.25, 0.3) is 0 Å². The van der Waals surface area contributed by atoms with Crippen molar-refractivity contribution in [1.29, 1.82) is 0 Å². The number of benzene rings is 1. The van der Waals surface area contributed by atoms with Crippen molar-refractivity contribution < 1.29 is 14.3 Å². The molecule has 1 saturated heterocycles. The molecule has 0 bridgehead atoms. The first-order valence-electron chi connectivity index (χ1n) is 9.13. The van der Waals surface area contributed by atoms with Crippen molar-refractivity contribution in [2.45, 2.75) is 46.1 Å². The predicted octanol–water partition coefficient (Wildman–Crippen LogP) is 3.24. The van der Waals surface area contributed by atoms with Crippen LogP contribution in [0, 0.1) is 5.92 Å². The Morgan fingerprint density at radius 2 is 2.16 bits per heavy atom. The highest BCUT2D eigenvalue weighted by atomic mass is 16.5. The molecule has 1 aliphatic heterocycles. The van der Waals surface area contributed by atoms with Crippen molar-refractivity contribution in [1.82, 2.24) is 10.2 Å². The molecule has 138 valence electrons. The molecule has 0 aromatic heterocycles. The summed E-state index contributed by atoms with van der Waals surface area (Å²) >= 11 is 0. The molecule has 2 N–H and O–H groups in total. The molecule has 0 unspecified atom stereocenters. The van der Waals surface area contributed by atoms with Crippen LogP contribution in [0.4, 0.5) is 10.5 Å². The second-order valence-corrected chi connectivity index (χ2v) is 6.47. The smallest absolute Gasteiger partial charge is 0.321 e. The molecule has 0 saturated carbocycles. The topological polar surface area (TPSA) is 70.7 Å². The van der Waals surface area contributed by atoms with Gasteiger partial charge in [0.1, 0.15) is 5.75 Å². The summed E-state index contributed by atoms with van der Waals surface area (Å²) in [6.07, 6.45) is 2.72. The van der Waals surface area contributed by atoms with Crippen LogP contribution in [0.1, 0.15) is 40.0 Å². The van der Waals surface area contributed by atoms with E-state index in [0.29, 0.717) is 25.3 Å². The van der Waals surface area contributed by atoms with E-state index < -0.39 is 0 Å². The number of anilines is 1. The van der Waals surface area contributed by atoms with Gasteiger partial charge in [0.15, 0.2) is 0 Å². The lowest BCUT2D eigenvalue weighted by Gasteiger charge is -2.32. The molecule has 2 rings (SSSR count). The quantitative estimate of drug-likeness (QED) is 0.830. The van der Waals surface area contributed by atoms with Crippen LogP contribution in [0.15, 0.2) is 24.3 Å². The van der Waals surface area contributed by atoms with E-state index in [0.717, 1.165) is 25.0 Å². The molecule has 2 atom stereocenters. The third kappa shape index (κ3) is 5.66. The molecule has 6 nitrogen and oxygen atoms in total. The van der Waals surface area contributed by atoms with E-state index in [-0.39, 0.29) is 24.0 Å². The molecular weight excluding hydrogens is 318 g/mol. The second-order valence-electron chi connectivity index (χ2n) is 6.47. The van der Waals surface area contributed by atoms with Crippen LogP contribution in [0.2, 0.25) is 0 Å². The zero-order valence-corrected chi connectivity index (χ0v) is 15.4. The van der Waals surface area contributed by atoms with Crippen molar-refractivity contribution >= 4 is 17.6 Å². The molecule has 1 heterocycles. The Balaban J connectivity index is 1.94. The molecule has 6 heteroatoms. The van der Waals surface area contributed by atoms with Gasteiger partial charge < -0.3 is 20.3 Å². The fraction of sp³-hybridized carbons (Fsp3) is 0.579. The van der Waals surface area contributed by atoms with Crippen LogP contribution < -0.4 is 15.4 Å². The molecule has 25 heavy (non-hydrogen) atoms. The van der Waals surface area contributed by atoms with E-state index >= 15 is 0 Å². The first kappa shape index (κ1) is 19.1. The number of hydrogen-bond acceptors (Lipinski definition) is 3. The monoisotopic (exact) mass is 347 g/mol. The SMILES string of the molecule is CCNC(=O)[C@@H]1CCCN(C(=O)Nc2cccc(O[C@@H](C)CC)c2)C1. The Kier molecular flexibility index (Phi) is 7.10. The van der Waals surface area contributed by atoms with Crippen LogP contribution in [-0.2, 0) is 4.79 Å². The molecule has 1 aromatic rings. The van der Waals surface area contributed by atoms with Crippen molar-refractivity contribution in [2.24, 2.45) is 5.92 Å². The van der Waals surface area contributed by atoms with Gasteiger partial charge in [-0.1, -0.05) is 13.0 Å². The molecule has 1 aromatic carbocycles. The largest absolute Gasteiger partial charge is 0.491 e. The minimum absolute atomic E-state index is 0.0314.